The molecule has 0 bridgehead atoms. The van der Waals surface area contributed by atoms with Gasteiger partial charge in [0.25, 0.3) is 0 Å². The van der Waals surface area contributed by atoms with Crippen molar-refractivity contribution in [2.24, 2.45) is 10.9 Å². The van der Waals surface area contributed by atoms with Crippen molar-refractivity contribution in [1.29, 1.82) is 0 Å². The maximum absolute atomic E-state index is 13.2. The molecule has 5 aromatic rings. The number of halogens is 6. The fourth-order valence-electron chi connectivity index (χ4n) is 7.79. The number of rotatable bonds is 10. The third kappa shape index (κ3) is 32.4. The van der Waals surface area contributed by atoms with Crippen LogP contribution in [0.15, 0.2) is 121 Å². The maximum atomic E-state index is 13.2. The molecule has 1 atom stereocenters. The first-order valence-corrected chi connectivity index (χ1v) is 25.7. The van der Waals surface area contributed by atoms with Crippen LogP contribution in [0.5, 0.6) is 0 Å². The molecule has 22 heteroatoms. The molecule has 0 amide bonds. The van der Waals surface area contributed by atoms with E-state index in [1.54, 1.807) is 73.7 Å². The summed E-state index contributed by atoms with van der Waals surface area (Å²) >= 11 is 4.30. The fourth-order valence-corrected chi connectivity index (χ4v) is 7.79. The van der Waals surface area contributed by atoms with Gasteiger partial charge >= 0.3 is 47.5 Å². The molecule has 15 nitrogen and oxygen atoms in total. The standard InChI is InChI=1S/C11H13FO2.C10H10FNO.C10H12FN.C10H11FO2.C10H9FO.C5H8O2.C2H6O.CH4O.ClH2NO.Na.H2O/c1-14-11(13)8-4-6-9-5-2-3-7-10(9)12;11-9-5-1-4-8-7(9)3-2-6-10(8)12-13;11-9-5-1-4-8-7(9)3-2-6-10(8)12;11-9-6-2-1-4-8(9)5-3-7-10(12)13;11-9-5-1-4-8-7(9)3-2-6-10(8)12;1-3-4-5(6)7-2;1-2-3;1-2;1-2-3;;/h2-3,5,7H,4,6,8H2,1H3;1,4-5,13H,2-3,6H2;1,4-5,10H,2-3,6,12H2;1-2,4,6H,3,5,7H2,(H,12,13);1,4-5H,2-3,6H2;3H,1,4H2,2H3;3H,2H2,1H3;2H,1H3;2-3H;;1H2/q;;;;;;;;;+1;/p-1/b;12-10+;;;;;;;;;. The molecular formula is C59H76ClF5N3NaO12. The number of fused-ring (bicyclic) bond motifs is 3. The summed E-state index contributed by atoms with van der Waals surface area (Å²) < 4.78 is 74.3. The molecule has 0 saturated heterocycles. The van der Waals surface area contributed by atoms with Crippen LogP contribution in [0.25, 0.3) is 0 Å². The van der Waals surface area contributed by atoms with E-state index in [-0.39, 0.29) is 101 Å². The molecule has 3 aliphatic rings. The number of carbonyl (C=O) groups excluding carboxylic acids is 3. The molecule has 0 saturated carbocycles. The molecule has 9 N–H and O–H groups in total. The second kappa shape index (κ2) is 48.8. The van der Waals surface area contributed by atoms with Crippen LogP contribution in [0.2, 0.25) is 0 Å². The summed E-state index contributed by atoms with van der Waals surface area (Å²) in [6, 6.07) is 27.9. The van der Waals surface area contributed by atoms with Gasteiger partial charge in [-0.05, 0) is 148 Å². The summed E-state index contributed by atoms with van der Waals surface area (Å²) in [6.45, 7) is 5.28. The number of aliphatic carboxylic acids is 1. The van der Waals surface area contributed by atoms with Gasteiger partial charge in [0, 0.05) is 61.9 Å². The van der Waals surface area contributed by atoms with Gasteiger partial charge in [-0.1, -0.05) is 84.0 Å². The summed E-state index contributed by atoms with van der Waals surface area (Å²) in [6.07, 6.45) is 11.6. The average Bonchev–Trinajstić information content (AvgIpc) is 3.44. The van der Waals surface area contributed by atoms with Crippen molar-refractivity contribution in [3.63, 3.8) is 0 Å². The topological polar surface area (TPSA) is 268 Å². The summed E-state index contributed by atoms with van der Waals surface area (Å²) in [5, 5.41) is 41.9. The number of aryl methyl sites for hydroxylation is 2. The fraction of sp³-hybridized carbons (Fsp3) is 0.373. The van der Waals surface area contributed by atoms with Gasteiger partial charge in [0.1, 0.15) is 29.1 Å². The third-order valence-electron chi connectivity index (χ3n) is 11.5. The van der Waals surface area contributed by atoms with E-state index in [0.29, 0.717) is 84.9 Å². The van der Waals surface area contributed by atoms with Crippen LogP contribution in [0.4, 0.5) is 22.0 Å². The second-order valence-electron chi connectivity index (χ2n) is 16.8. The van der Waals surface area contributed by atoms with E-state index in [4.69, 9.17) is 31.5 Å². The zero-order chi connectivity index (χ0) is 59.5. The Hall–Kier alpha value is -5.91. The molecule has 0 aliphatic heterocycles. The number of Topliss-reactive ketones (excluding diaryl/α,β-unsaturated/α-hetero) is 1. The number of ketones is 1. The van der Waals surface area contributed by atoms with E-state index in [2.05, 4.69) is 33.0 Å². The van der Waals surface area contributed by atoms with Gasteiger partial charge in [0.05, 0.1) is 26.4 Å². The largest absolute Gasteiger partial charge is 1.00 e. The van der Waals surface area contributed by atoms with E-state index < -0.39 is 5.97 Å². The summed E-state index contributed by atoms with van der Waals surface area (Å²) in [5.74, 6) is -2.24. The number of hydrogen-bond donors (Lipinski definition) is 7. The Morgan fingerprint density at radius 3 is 1.54 bits per heavy atom. The smallest absolute Gasteiger partial charge is 0.870 e. The first kappa shape index (κ1) is 79.3. The number of carbonyl (C=O) groups is 4. The molecule has 0 aromatic heterocycles. The number of hydrogen-bond acceptors (Lipinski definition) is 14. The molecule has 442 valence electrons. The van der Waals surface area contributed by atoms with Gasteiger partial charge in [0.2, 0.25) is 0 Å². The van der Waals surface area contributed by atoms with Crippen LogP contribution in [-0.2, 0) is 56.0 Å². The van der Waals surface area contributed by atoms with E-state index in [9.17, 15) is 41.1 Å². The van der Waals surface area contributed by atoms with Crippen LogP contribution in [0.3, 0.4) is 0 Å². The van der Waals surface area contributed by atoms with Crippen LogP contribution < -0.4 is 40.3 Å². The maximum Gasteiger partial charge on any atom is 1.00 e. The number of nitrogens with one attached hydrogen (secondary N) is 1. The Bertz CT molecular complexity index is 2620. The number of benzene rings is 5. The minimum atomic E-state index is -0.837. The quantitative estimate of drug-likeness (QED) is 0.0131. The molecule has 0 heterocycles. The summed E-state index contributed by atoms with van der Waals surface area (Å²) in [7, 11) is 3.71. The van der Waals surface area contributed by atoms with Crippen molar-refractivity contribution < 1.29 is 111 Å². The number of aliphatic hydroxyl groups excluding tert-OH is 2. The van der Waals surface area contributed by atoms with Crippen LogP contribution in [0.1, 0.15) is 133 Å². The zero-order valence-electron chi connectivity index (χ0n) is 46.6. The number of oxime groups is 1. The number of esters is 2. The average molecular weight is 1170 g/mol. The molecule has 0 fully saturated rings. The van der Waals surface area contributed by atoms with Gasteiger partial charge in [-0.15, -0.1) is 11.6 Å². The predicted molar refractivity (Wildman–Crippen MR) is 296 cm³/mol. The number of carboxylic acids is 1. The number of carboxylic acid groups (broad SMARTS) is 1. The molecule has 8 rings (SSSR count). The van der Waals surface area contributed by atoms with Crippen molar-refractivity contribution in [2.45, 2.75) is 116 Å². The van der Waals surface area contributed by atoms with Crippen molar-refractivity contribution in [3.8, 4) is 0 Å². The van der Waals surface area contributed by atoms with E-state index in [0.717, 1.165) is 68.7 Å². The predicted octanol–water partition coefficient (Wildman–Crippen LogP) is 8.69. The van der Waals surface area contributed by atoms with Gasteiger partial charge in [-0.2, -0.15) is 0 Å². The van der Waals surface area contributed by atoms with Gasteiger partial charge in [-0.3, -0.25) is 19.2 Å². The number of ether oxygens (including phenoxy) is 2. The molecule has 5 aromatic carbocycles. The normalized spacial score (nSPS) is 13.1. The summed E-state index contributed by atoms with van der Waals surface area (Å²) in [4.78, 5) is 43.6. The van der Waals surface area contributed by atoms with Gasteiger partial charge in [0.15, 0.2) is 5.78 Å². The second-order valence-corrected chi connectivity index (χ2v) is 17.0. The summed E-state index contributed by atoms with van der Waals surface area (Å²) in [5.41, 5.74) is 12.1. The van der Waals surface area contributed by atoms with E-state index >= 15 is 0 Å². The Balaban J connectivity index is -0.000000880. The first-order chi connectivity index (χ1) is 38.0. The molecule has 81 heavy (non-hydrogen) atoms. The van der Waals surface area contributed by atoms with Crippen molar-refractivity contribution in [2.75, 3.05) is 27.9 Å². The number of aliphatic hydroxyl groups is 2. The molecule has 1 unspecified atom stereocenters. The van der Waals surface area contributed by atoms with Crippen LogP contribution in [0, 0.1) is 29.1 Å². The molecule has 0 spiro atoms. The zero-order valence-corrected chi connectivity index (χ0v) is 49.4. The Kier molecular flexibility index (Phi) is 47.8. The number of nitrogens with two attached hydrogens (primary N) is 1. The Morgan fingerprint density at radius 1 is 0.691 bits per heavy atom. The Morgan fingerprint density at radius 2 is 1.11 bits per heavy atom. The van der Waals surface area contributed by atoms with Gasteiger partial charge < -0.3 is 46.4 Å². The van der Waals surface area contributed by atoms with Crippen molar-refractivity contribution in [3.05, 3.63) is 189 Å². The molecule has 0 radical (unpaired) electrons. The van der Waals surface area contributed by atoms with Crippen molar-refractivity contribution in [1.82, 2.24) is 5.00 Å². The molecule has 3 aliphatic carbocycles. The monoisotopic (exact) mass is 1170 g/mol. The molecular weight excluding hydrogens is 1100 g/mol. The van der Waals surface area contributed by atoms with Gasteiger partial charge in [-0.25, -0.2) is 22.0 Å². The van der Waals surface area contributed by atoms with Crippen LogP contribution in [-0.4, -0.2) is 88.5 Å². The van der Waals surface area contributed by atoms with E-state index in [1.807, 2.05) is 6.07 Å². The minimum Gasteiger partial charge on any atom is -0.870 e. The van der Waals surface area contributed by atoms with E-state index in [1.165, 1.54) is 55.6 Å². The SMILES string of the molecule is C=CCC(=O)OC.CCO.CO.COC(=O)CCCc1ccccc1F.NC1CCCc2c(F)cccc21.O/N=C1\CCCc2c(F)cccc21.O=C(O)CCCc1ccccc1F.O=C1CCCc2c(F)cccc21.ONCl.[Na+].[OH-]. The number of methoxy groups -OCH3 is 2. The Labute approximate surface area is 498 Å². The minimum absolute atomic E-state index is 0. The third-order valence-corrected chi connectivity index (χ3v) is 11.5. The van der Waals surface area contributed by atoms with Crippen LogP contribution >= 0.6 is 11.8 Å². The van der Waals surface area contributed by atoms with Crippen molar-refractivity contribution >= 4 is 41.2 Å². The number of nitrogens with zero attached hydrogens (tertiary/aromatic N) is 1. The first-order valence-electron chi connectivity index (χ1n) is 25.3.